The molecule has 120 valence electrons. The fourth-order valence-corrected chi connectivity index (χ4v) is 3.72. The fourth-order valence-electron chi connectivity index (χ4n) is 2.16. The number of nitrogens with one attached hydrogen (secondary N) is 1. The maximum atomic E-state index is 12.4. The molecule has 0 heterocycles. The van der Waals surface area contributed by atoms with Gasteiger partial charge in [-0.15, -0.1) is 0 Å². The van der Waals surface area contributed by atoms with Crippen LogP contribution in [0.15, 0.2) is 17.0 Å². The van der Waals surface area contributed by atoms with Crippen molar-refractivity contribution in [1.29, 1.82) is 0 Å². The van der Waals surface area contributed by atoms with Crippen LogP contribution in [0.3, 0.4) is 0 Å². The van der Waals surface area contributed by atoms with Crippen LogP contribution < -0.4 is 5.32 Å². The molecule has 1 aromatic carbocycles. The first kappa shape index (κ1) is 17.8. The summed E-state index contributed by atoms with van der Waals surface area (Å²) in [7, 11) is -3.25. The zero-order valence-electron chi connectivity index (χ0n) is 12.4. The average molecular weight is 324 g/mol. The number of hydrogen-bond acceptors (Lipinski definition) is 3. The smallest absolute Gasteiger partial charge is 0.385 e. The van der Waals surface area contributed by atoms with Crippen molar-refractivity contribution < 1.29 is 21.6 Å². The Morgan fingerprint density at radius 2 is 1.67 bits per heavy atom. The van der Waals surface area contributed by atoms with E-state index in [2.05, 4.69) is 5.32 Å². The van der Waals surface area contributed by atoms with Gasteiger partial charge in [-0.2, -0.15) is 17.5 Å². The van der Waals surface area contributed by atoms with Gasteiger partial charge in [-0.3, -0.25) is 0 Å². The third kappa shape index (κ3) is 4.34. The first-order valence-corrected chi connectivity index (χ1v) is 7.81. The number of halogens is 3. The van der Waals surface area contributed by atoms with Gasteiger partial charge >= 0.3 is 6.18 Å². The quantitative estimate of drug-likeness (QED) is 0.906. The van der Waals surface area contributed by atoms with E-state index in [1.807, 2.05) is 6.92 Å². The van der Waals surface area contributed by atoms with Crippen molar-refractivity contribution in [2.24, 2.45) is 0 Å². The lowest BCUT2D eigenvalue weighted by Gasteiger charge is -2.21. The number of sulfonamides is 1. The minimum atomic E-state index is -4.58. The molecule has 0 spiro atoms. The number of aryl methyl sites for hydroxylation is 2. The van der Waals surface area contributed by atoms with E-state index in [0.717, 1.165) is 12.7 Å². The molecule has 0 unspecified atom stereocenters. The predicted octanol–water partition coefficient (Wildman–Crippen LogP) is 2.92. The average Bonchev–Trinajstić information content (AvgIpc) is 2.25. The molecule has 8 heteroatoms. The van der Waals surface area contributed by atoms with Crippen molar-refractivity contribution in [3.8, 4) is 0 Å². The van der Waals surface area contributed by atoms with E-state index >= 15 is 0 Å². The molecule has 0 aliphatic carbocycles. The van der Waals surface area contributed by atoms with Gasteiger partial charge in [-0.1, -0.05) is 0 Å². The lowest BCUT2D eigenvalue weighted by molar-refractivity contribution is -0.134. The summed E-state index contributed by atoms with van der Waals surface area (Å²) in [5.41, 5.74) is 1.57. The Labute approximate surface area is 123 Å². The summed E-state index contributed by atoms with van der Waals surface area (Å²) in [5.74, 6) is 0. The molecule has 0 aromatic heterocycles. The molecule has 0 fully saturated rings. The molecule has 21 heavy (non-hydrogen) atoms. The number of nitrogens with zero attached hydrogens (tertiary/aromatic N) is 1. The molecular formula is C13H19F3N2O2S. The molecular weight excluding hydrogens is 305 g/mol. The van der Waals surface area contributed by atoms with Crippen LogP contribution in [0.4, 0.5) is 18.9 Å². The molecule has 0 amide bonds. The minimum Gasteiger partial charge on any atom is -0.385 e. The van der Waals surface area contributed by atoms with Crippen LogP contribution in [0.1, 0.15) is 18.1 Å². The van der Waals surface area contributed by atoms with Crippen molar-refractivity contribution in [2.45, 2.75) is 31.8 Å². The zero-order valence-corrected chi connectivity index (χ0v) is 13.2. The van der Waals surface area contributed by atoms with Crippen molar-refractivity contribution >= 4 is 15.7 Å². The largest absolute Gasteiger partial charge is 0.402 e. The molecule has 0 aliphatic heterocycles. The molecule has 4 nitrogen and oxygen atoms in total. The van der Waals surface area contributed by atoms with Crippen LogP contribution in [-0.4, -0.2) is 39.0 Å². The van der Waals surface area contributed by atoms with Crippen molar-refractivity contribution in [2.75, 3.05) is 25.5 Å². The number of alkyl halides is 3. The maximum Gasteiger partial charge on any atom is 0.402 e. The molecule has 1 aromatic rings. The van der Waals surface area contributed by atoms with Crippen LogP contribution in [0.5, 0.6) is 0 Å². The second-order valence-corrected chi connectivity index (χ2v) is 6.83. The van der Waals surface area contributed by atoms with Gasteiger partial charge in [-0.25, -0.2) is 8.42 Å². The van der Waals surface area contributed by atoms with Crippen LogP contribution >= 0.6 is 0 Å². The maximum absolute atomic E-state index is 12.4. The molecule has 0 atom stereocenters. The SMILES string of the molecule is CCNc1cc(C)c(S(=O)(=O)N(C)CC(F)(F)F)c(C)c1. The highest BCUT2D eigenvalue weighted by Crippen LogP contribution is 2.28. The summed E-state index contributed by atoms with van der Waals surface area (Å²) in [6.45, 7) is 4.19. The van der Waals surface area contributed by atoms with E-state index in [4.69, 9.17) is 0 Å². The highest BCUT2D eigenvalue weighted by atomic mass is 32.2. The standard InChI is InChI=1S/C13H19F3N2O2S/c1-5-17-11-6-9(2)12(10(3)7-11)21(19,20)18(4)8-13(14,15)16/h6-7,17H,5,8H2,1-4H3. The van der Waals surface area contributed by atoms with Crippen LogP contribution in [0, 0.1) is 13.8 Å². The summed E-state index contributed by atoms with van der Waals surface area (Å²) in [4.78, 5) is -0.0732. The lowest BCUT2D eigenvalue weighted by atomic mass is 10.1. The van der Waals surface area contributed by atoms with E-state index in [-0.39, 0.29) is 4.90 Å². The summed E-state index contributed by atoms with van der Waals surface area (Å²) in [5, 5.41) is 3.05. The molecule has 1 rings (SSSR count). The zero-order chi connectivity index (χ0) is 16.4. The number of hydrogen-bond donors (Lipinski definition) is 1. The van der Waals surface area contributed by atoms with E-state index in [1.54, 1.807) is 26.0 Å². The normalized spacial score (nSPS) is 12.8. The highest BCUT2D eigenvalue weighted by molar-refractivity contribution is 7.89. The number of rotatable bonds is 5. The Morgan fingerprint density at radius 3 is 2.05 bits per heavy atom. The minimum absolute atomic E-state index is 0.0732. The van der Waals surface area contributed by atoms with Crippen LogP contribution in [0.2, 0.25) is 0 Å². The Balaban J connectivity index is 3.26. The first-order valence-electron chi connectivity index (χ1n) is 6.37. The van der Waals surface area contributed by atoms with Crippen LogP contribution in [0.25, 0.3) is 0 Å². The van der Waals surface area contributed by atoms with Gasteiger partial charge in [0, 0.05) is 19.3 Å². The van der Waals surface area contributed by atoms with Gasteiger partial charge in [0.15, 0.2) is 0 Å². The van der Waals surface area contributed by atoms with Gasteiger partial charge in [-0.05, 0) is 44.0 Å². The molecule has 1 N–H and O–H groups in total. The summed E-state index contributed by atoms with van der Waals surface area (Å²) in [6, 6.07) is 3.23. The highest BCUT2D eigenvalue weighted by Gasteiger charge is 2.35. The van der Waals surface area contributed by atoms with Crippen molar-refractivity contribution in [3.05, 3.63) is 23.3 Å². The number of anilines is 1. The first-order chi connectivity index (χ1) is 9.49. The second kappa shape index (κ2) is 6.23. The van der Waals surface area contributed by atoms with Gasteiger partial charge in [0.1, 0.15) is 6.54 Å². The van der Waals surface area contributed by atoms with Crippen molar-refractivity contribution in [3.63, 3.8) is 0 Å². The summed E-state index contributed by atoms with van der Waals surface area (Å²) in [6.07, 6.45) is -4.58. The topological polar surface area (TPSA) is 49.4 Å². The van der Waals surface area contributed by atoms with E-state index < -0.39 is 22.7 Å². The molecule has 0 saturated carbocycles. The molecule has 0 aliphatic rings. The third-order valence-electron chi connectivity index (χ3n) is 2.91. The Bertz CT molecular complexity index is 589. The van der Waals surface area contributed by atoms with E-state index in [9.17, 15) is 21.6 Å². The van der Waals surface area contributed by atoms with Gasteiger partial charge in [0.25, 0.3) is 0 Å². The molecule has 0 saturated heterocycles. The number of benzene rings is 1. The fraction of sp³-hybridized carbons (Fsp3) is 0.538. The Morgan fingerprint density at radius 1 is 1.19 bits per heavy atom. The van der Waals surface area contributed by atoms with Gasteiger partial charge in [0.2, 0.25) is 10.0 Å². The second-order valence-electron chi connectivity index (χ2n) is 4.85. The van der Waals surface area contributed by atoms with Crippen LogP contribution in [-0.2, 0) is 10.0 Å². The van der Waals surface area contributed by atoms with E-state index in [1.165, 1.54) is 0 Å². The molecule has 0 radical (unpaired) electrons. The lowest BCUT2D eigenvalue weighted by Crippen LogP contribution is -2.36. The molecule has 0 bridgehead atoms. The third-order valence-corrected chi connectivity index (χ3v) is 5.02. The van der Waals surface area contributed by atoms with Gasteiger partial charge < -0.3 is 5.32 Å². The predicted molar refractivity (Wildman–Crippen MR) is 76.0 cm³/mol. The van der Waals surface area contributed by atoms with Crippen molar-refractivity contribution in [1.82, 2.24) is 4.31 Å². The Hall–Kier alpha value is -1.28. The summed E-state index contributed by atoms with van der Waals surface area (Å²) < 4.78 is 62.2. The Kier molecular flexibility index (Phi) is 5.27. The van der Waals surface area contributed by atoms with E-state index in [0.29, 0.717) is 22.0 Å². The van der Waals surface area contributed by atoms with Gasteiger partial charge in [0.05, 0.1) is 4.90 Å². The summed E-state index contributed by atoms with van der Waals surface area (Å²) >= 11 is 0. The monoisotopic (exact) mass is 324 g/mol.